The van der Waals surface area contributed by atoms with Crippen molar-refractivity contribution in [1.29, 1.82) is 0 Å². The van der Waals surface area contributed by atoms with Crippen LogP contribution < -0.4 is 16.0 Å². The molecule has 0 spiro atoms. The fourth-order valence-corrected chi connectivity index (χ4v) is 2.09. The van der Waals surface area contributed by atoms with Gasteiger partial charge in [-0.2, -0.15) is 0 Å². The molecule has 0 bridgehead atoms. The predicted octanol–water partition coefficient (Wildman–Crippen LogP) is 1.27. The molecule has 3 N–H and O–H groups in total. The molecular formula is C20H29N3O6. The predicted molar refractivity (Wildman–Crippen MR) is 106 cm³/mol. The number of esters is 1. The Morgan fingerprint density at radius 1 is 0.897 bits per heavy atom. The number of hydrogen-bond acceptors (Lipinski definition) is 6. The summed E-state index contributed by atoms with van der Waals surface area (Å²) >= 11 is 0. The van der Waals surface area contributed by atoms with Gasteiger partial charge in [0.25, 0.3) is 0 Å². The molecule has 0 saturated carbocycles. The first kappa shape index (κ1) is 23.9. The van der Waals surface area contributed by atoms with Crippen LogP contribution in [0, 0.1) is 0 Å². The van der Waals surface area contributed by atoms with Crippen molar-refractivity contribution < 1.29 is 28.7 Å². The maximum atomic E-state index is 11.7. The normalized spacial score (nSPS) is 10.6. The summed E-state index contributed by atoms with van der Waals surface area (Å²) in [7, 11) is 0. The molecule has 160 valence electrons. The molecule has 9 heteroatoms. The number of alkyl carbamates (subject to hydrolysis) is 1. The van der Waals surface area contributed by atoms with Gasteiger partial charge in [0.1, 0.15) is 18.8 Å². The highest BCUT2D eigenvalue weighted by Gasteiger charge is 2.16. The molecule has 0 unspecified atom stereocenters. The lowest BCUT2D eigenvalue weighted by atomic mass is 10.2. The smallest absolute Gasteiger partial charge is 0.407 e. The molecule has 29 heavy (non-hydrogen) atoms. The van der Waals surface area contributed by atoms with E-state index in [1.165, 1.54) is 0 Å². The molecule has 9 nitrogen and oxygen atoms in total. The van der Waals surface area contributed by atoms with Crippen molar-refractivity contribution >= 4 is 23.9 Å². The minimum atomic E-state index is -0.627. The van der Waals surface area contributed by atoms with Gasteiger partial charge in [-0.1, -0.05) is 30.3 Å². The van der Waals surface area contributed by atoms with Crippen molar-refractivity contribution in [3.8, 4) is 0 Å². The van der Waals surface area contributed by atoms with Gasteiger partial charge < -0.3 is 25.4 Å². The van der Waals surface area contributed by atoms with Crippen LogP contribution in [-0.2, 0) is 30.5 Å². The summed E-state index contributed by atoms with van der Waals surface area (Å²) in [6.07, 6.45) is -0.0276. The fraction of sp³-hybridized carbons (Fsp3) is 0.500. The summed E-state index contributed by atoms with van der Waals surface area (Å²) in [6.45, 7) is 5.12. The average Bonchev–Trinajstić information content (AvgIpc) is 2.66. The molecule has 0 aliphatic rings. The maximum Gasteiger partial charge on any atom is 0.407 e. The van der Waals surface area contributed by atoms with Gasteiger partial charge in [0, 0.05) is 13.0 Å². The van der Waals surface area contributed by atoms with Crippen LogP contribution in [0.2, 0.25) is 0 Å². The summed E-state index contributed by atoms with van der Waals surface area (Å²) in [5.74, 6) is -1.38. The number of carbonyl (C=O) groups is 4. The number of benzene rings is 1. The van der Waals surface area contributed by atoms with E-state index in [9.17, 15) is 19.2 Å². The molecule has 1 rings (SSSR count). The number of carbonyl (C=O) groups excluding carboxylic acids is 4. The minimum absolute atomic E-state index is 0.137. The standard InChI is InChI=1S/C20H29N3O6/c1-20(2,3)29-18(26)13-23-17(25)12-22-16(24)10-7-11-21-19(27)28-14-15-8-5-4-6-9-15/h4-6,8-9H,7,10-14H2,1-3H3,(H,21,27)(H,22,24)(H,23,25). The lowest BCUT2D eigenvalue weighted by Gasteiger charge is -2.19. The Morgan fingerprint density at radius 3 is 2.21 bits per heavy atom. The number of rotatable bonds is 10. The van der Waals surface area contributed by atoms with Gasteiger partial charge in [0.05, 0.1) is 6.54 Å². The SMILES string of the molecule is CC(C)(C)OC(=O)CNC(=O)CNC(=O)CCCNC(=O)OCc1ccccc1. The van der Waals surface area contributed by atoms with Crippen molar-refractivity contribution in [3.05, 3.63) is 35.9 Å². The van der Waals surface area contributed by atoms with E-state index in [4.69, 9.17) is 9.47 Å². The Hall–Kier alpha value is -3.10. The van der Waals surface area contributed by atoms with E-state index >= 15 is 0 Å². The van der Waals surface area contributed by atoms with Crippen LogP contribution in [0.4, 0.5) is 4.79 Å². The topological polar surface area (TPSA) is 123 Å². The quantitative estimate of drug-likeness (QED) is 0.396. The van der Waals surface area contributed by atoms with Crippen LogP contribution in [0.1, 0.15) is 39.2 Å². The lowest BCUT2D eigenvalue weighted by Crippen LogP contribution is -2.40. The summed E-state index contributed by atoms with van der Waals surface area (Å²) in [5, 5.41) is 7.36. The third kappa shape index (κ3) is 12.8. The number of nitrogens with one attached hydrogen (secondary N) is 3. The Bertz CT molecular complexity index is 685. The van der Waals surface area contributed by atoms with Crippen LogP contribution in [0.15, 0.2) is 30.3 Å². The maximum absolute atomic E-state index is 11.7. The second-order valence-electron chi connectivity index (χ2n) is 7.23. The van der Waals surface area contributed by atoms with Gasteiger partial charge in [0.2, 0.25) is 11.8 Å². The van der Waals surface area contributed by atoms with E-state index in [0.29, 0.717) is 6.42 Å². The Kier molecular flexibility index (Phi) is 10.2. The van der Waals surface area contributed by atoms with Gasteiger partial charge in [-0.25, -0.2) is 4.79 Å². The van der Waals surface area contributed by atoms with Crippen LogP contribution in [0.5, 0.6) is 0 Å². The molecule has 0 aliphatic carbocycles. The molecule has 1 aromatic rings. The molecular weight excluding hydrogens is 378 g/mol. The Balaban J connectivity index is 2.06. The van der Waals surface area contributed by atoms with Crippen LogP contribution in [0.3, 0.4) is 0 Å². The molecule has 0 radical (unpaired) electrons. The summed E-state index contributed by atoms with van der Waals surface area (Å²) in [6, 6.07) is 9.28. The molecule has 0 heterocycles. The summed E-state index contributed by atoms with van der Waals surface area (Å²) in [5.41, 5.74) is 0.255. The highest BCUT2D eigenvalue weighted by molar-refractivity contribution is 5.87. The zero-order chi connectivity index (χ0) is 21.7. The molecule has 0 saturated heterocycles. The van der Waals surface area contributed by atoms with E-state index in [0.717, 1.165) is 5.56 Å². The van der Waals surface area contributed by atoms with Gasteiger partial charge in [-0.05, 0) is 32.8 Å². The number of amides is 3. The monoisotopic (exact) mass is 407 g/mol. The fourth-order valence-electron chi connectivity index (χ4n) is 2.09. The zero-order valence-electron chi connectivity index (χ0n) is 17.1. The van der Waals surface area contributed by atoms with Crippen molar-refractivity contribution in [1.82, 2.24) is 16.0 Å². The van der Waals surface area contributed by atoms with Crippen molar-refractivity contribution in [2.75, 3.05) is 19.6 Å². The average molecular weight is 407 g/mol. The van der Waals surface area contributed by atoms with Gasteiger partial charge in [-0.15, -0.1) is 0 Å². The Labute approximate surface area is 170 Å². The minimum Gasteiger partial charge on any atom is -0.459 e. The first-order valence-corrected chi connectivity index (χ1v) is 9.35. The summed E-state index contributed by atoms with van der Waals surface area (Å²) in [4.78, 5) is 46.4. The first-order chi connectivity index (χ1) is 13.7. The molecule has 0 aliphatic heterocycles. The molecule has 3 amide bonds. The van der Waals surface area contributed by atoms with Crippen molar-refractivity contribution in [2.24, 2.45) is 0 Å². The van der Waals surface area contributed by atoms with Crippen LogP contribution in [0.25, 0.3) is 0 Å². The molecule has 0 fully saturated rings. The van der Waals surface area contributed by atoms with E-state index < -0.39 is 23.6 Å². The van der Waals surface area contributed by atoms with Crippen LogP contribution >= 0.6 is 0 Å². The van der Waals surface area contributed by atoms with Gasteiger partial charge in [0.15, 0.2) is 0 Å². The van der Waals surface area contributed by atoms with E-state index in [2.05, 4.69) is 16.0 Å². The van der Waals surface area contributed by atoms with E-state index in [-0.39, 0.29) is 38.6 Å². The molecule has 0 atom stereocenters. The molecule has 0 aromatic heterocycles. The first-order valence-electron chi connectivity index (χ1n) is 9.35. The van der Waals surface area contributed by atoms with Gasteiger partial charge in [-0.3, -0.25) is 14.4 Å². The Morgan fingerprint density at radius 2 is 1.55 bits per heavy atom. The van der Waals surface area contributed by atoms with Crippen LogP contribution in [-0.4, -0.2) is 49.1 Å². The van der Waals surface area contributed by atoms with Crippen molar-refractivity contribution in [3.63, 3.8) is 0 Å². The molecule has 1 aromatic carbocycles. The van der Waals surface area contributed by atoms with E-state index in [1.807, 2.05) is 30.3 Å². The van der Waals surface area contributed by atoms with Crippen molar-refractivity contribution in [2.45, 2.75) is 45.8 Å². The summed E-state index contributed by atoms with van der Waals surface area (Å²) < 4.78 is 10.1. The highest BCUT2D eigenvalue weighted by atomic mass is 16.6. The number of ether oxygens (including phenoxy) is 2. The lowest BCUT2D eigenvalue weighted by molar-refractivity contribution is -0.154. The number of hydrogen-bond donors (Lipinski definition) is 3. The second-order valence-corrected chi connectivity index (χ2v) is 7.23. The largest absolute Gasteiger partial charge is 0.459 e. The highest BCUT2D eigenvalue weighted by Crippen LogP contribution is 2.06. The van der Waals surface area contributed by atoms with Gasteiger partial charge >= 0.3 is 12.1 Å². The third-order valence-electron chi connectivity index (χ3n) is 3.36. The third-order valence-corrected chi connectivity index (χ3v) is 3.36. The van der Waals surface area contributed by atoms with E-state index in [1.54, 1.807) is 20.8 Å². The zero-order valence-corrected chi connectivity index (χ0v) is 17.1. The second kappa shape index (κ2) is 12.4.